The Morgan fingerprint density at radius 2 is 1.83 bits per heavy atom. The normalized spacial score (nSPS) is 15.1. The number of hydrogen-bond donors (Lipinski definition) is 1. The summed E-state index contributed by atoms with van der Waals surface area (Å²) in [5.41, 5.74) is 1.45. The van der Waals surface area contributed by atoms with Crippen molar-refractivity contribution in [2.45, 2.75) is 6.54 Å². The number of aromatic nitrogens is 4. The summed E-state index contributed by atoms with van der Waals surface area (Å²) in [5.74, 6) is -2.22. The first-order chi connectivity index (χ1) is 11.6. The third-order valence-corrected chi connectivity index (χ3v) is 4.20. The summed E-state index contributed by atoms with van der Waals surface area (Å²) in [4.78, 5) is 6.09. The van der Waals surface area contributed by atoms with Crippen LogP contribution in [0.15, 0.2) is 29.5 Å². The van der Waals surface area contributed by atoms with Gasteiger partial charge in [0.25, 0.3) is 0 Å². The molecule has 0 bridgehead atoms. The number of halogens is 3. The van der Waals surface area contributed by atoms with E-state index in [-0.39, 0.29) is 11.4 Å². The van der Waals surface area contributed by atoms with Gasteiger partial charge >= 0.3 is 0 Å². The molecule has 24 heavy (non-hydrogen) atoms. The topological polar surface area (TPSA) is 62.1 Å². The van der Waals surface area contributed by atoms with E-state index in [0.717, 1.165) is 5.56 Å². The number of H-pyrrole nitrogens is 1. The average molecular weight is 330 g/mol. The van der Waals surface area contributed by atoms with Gasteiger partial charge in [-0.3, -0.25) is 5.10 Å². The second-order valence-electron chi connectivity index (χ2n) is 5.57. The number of aliphatic imine (C=N–C) groups is 1. The summed E-state index contributed by atoms with van der Waals surface area (Å²) in [7, 11) is 0. The maximum Gasteiger partial charge on any atom is 0.148 e. The van der Waals surface area contributed by atoms with Gasteiger partial charge in [-0.2, -0.15) is 10.2 Å². The largest absolute Gasteiger partial charge is 0.308 e. The Hall–Kier alpha value is -3.10. The summed E-state index contributed by atoms with van der Waals surface area (Å²) >= 11 is 0. The molecule has 0 radical (unpaired) electrons. The van der Waals surface area contributed by atoms with Crippen LogP contribution in [-0.4, -0.2) is 32.4 Å². The Balaban J connectivity index is 1.83. The van der Waals surface area contributed by atoms with E-state index in [1.54, 1.807) is 15.8 Å². The summed E-state index contributed by atoms with van der Waals surface area (Å²) in [6, 6.07) is 1.30. The number of nitrogens with zero attached hydrogens (tertiary/aromatic N) is 5. The molecule has 1 N–H and O–H groups in total. The molecule has 2 aliphatic heterocycles. The standard InChI is InChI=1S/C15H9F3N6/c16-7-3-9(17)12(10(18)4-7)14-21-11-6-19-22-13(11)8-5-20-24-2-1-23(14)15(8)24/h3-6H,1-2H2,(H,19,22). The van der Waals surface area contributed by atoms with Gasteiger partial charge in [0.15, 0.2) is 0 Å². The van der Waals surface area contributed by atoms with Crippen LogP contribution in [0, 0.1) is 17.5 Å². The molecule has 0 atom stereocenters. The zero-order chi connectivity index (χ0) is 16.4. The maximum absolute atomic E-state index is 14.3. The van der Waals surface area contributed by atoms with Crippen molar-refractivity contribution in [3.8, 4) is 11.3 Å². The van der Waals surface area contributed by atoms with Crippen molar-refractivity contribution < 1.29 is 13.2 Å². The highest BCUT2D eigenvalue weighted by molar-refractivity contribution is 6.14. The van der Waals surface area contributed by atoms with Crippen LogP contribution in [0.1, 0.15) is 5.56 Å². The van der Waals surface area contributed by atoms with Gasteiger partial charge in [0, 0.05) is 18.7 Å². The zero-order valence-electron chi connectivity index (χ0n) is 12.1. The van der Waals surface area contributed by atoms with Gasteiger partial charge in [-0.1, -0.05) is 0 Å². The minimum absolute atomic E-state index is 0.0747. The first kappa shape index (κ1) is 13.3. The molecule has 1 aromatic carbocycles. The molecule has 0 spiro atoms. The number of benzene rings is 1. The summed E-state index contributed by atoms with van der Waals surface area (Å²) < 4.78 is 43.6. The Kier molecular flexibility index (Phi) is 2.48. The molecule has 2 aliphatic rings. The van der Waals surface area contributed by atoms with Gasteiger partial charge < -0.3 is 4.90 Å². The Bertz CT molecular complexity index is 995. The minimum Gasteiger partial charge on any atom is -0.308 e. The molecule has 6 nitrogen and oxygen atoms in total. The van der Waals surface area contributed by atoms with Crippen molar-refractivity contribution in [3.63, 3.8) is 0 Å². The predicted octanol–water partition coefficient (Wildman–Crippen LogP) is 2.60. The second kappa shape index (κ2) is 4.47. The van der Waals surface area contributed by atoms with Gasteiger partial charge in [0.05, 0.1) is 35.8 Å². The summed E-state index contributed by atoms with van der Waals surface area (Å²) in [6.07, 6.45) is 3.13. The van der Waals surface area contributed by atoms with Gasteiger partial charge in [-0.15, -0.1) is 0 Å². The Morgan fingerprint density at radius 1 is 1.04 bits per heavy atom. The van der Waals surface area contributed by atoms with Gasteiger partial charge in [0.1, 0.15) is 34.8 Å². The van der Waals surface area contributed by atoms with E-state index in [1.165, 1.54) is 6.20 Å². The molecular formula is C15H9F3N6. The molecule has 0 fully saturated rings. The molecule has 4 heterocycles. The lowest BCUT2D eigenvalue weighted by Gasteiger charge is -2.20. The van der Waals surface area contributed by atoms with E-state index in [1.807, 2.05) is 0 Å². The van der Waals surface area contributed by atoms with Crippen LogP contribution in [0.4, 0.5) is 24.7 Å². The quantitative estimate of drug-likeness (QED) is 0.746. The number of anilines is 1. The third kappa shape index (κ3) is 1.63. The molecule has 0 amide bonds. The van der Waals surface area contributed by atoms with E-state index in [4.69, 9.17) is 0 Å². The molecule has 120 valence electrons. The SMILES string of the molecule is Fc1cc(F)c(C2=Nc3cn[nH]c3-c3cnn4c3N2CC4)c(F)c1. The lowest BCUT2D eigenvalue weighted by Crippen LogP contribution is -2.31. The molecule has 0 unspecified atom stereocenters. The second-order valence-corrected chi connectivity index (χ2v) is 5.57. The predicted molar refractivity (Wildman–Crippen MR) is 79.7 cm³/mol. The molecule has 2 aromatic heterocycles. The highest BCUT2D eigenvalue weighted by Crippen LogP contribution is 2.41. The number of hydrogen-bond acceptors (Lipinski definition) is 4. The molecule has 9 heteroatoms. The summed E-state index contributed by atoms with van der Waals surface area (Å²) in [6.45, 7) is 1.02. The molecular weight excluding hydrogens is 321 g/mol. The molecule has 0 aliphatic carbocycles. The first-order valence-corrected chi connectivity index (χ1v) is 7.24. The maximum atomic E-state index is 14.3. The lowest BCUT2D eigenvalue weighted by atomic mass is 10.1. The van der Waals surface area contributed by atoms with Crippen molar-refractivity contribution >= 4 is 17.3 Å². The lowest BCUT2D eigenvalue weighted by molar-refractivity contribution is 0.540. The summed E-state index contributed by atoms with van der Waals surface area (Å²) in [5, 5.41) is 11.1. The number of aromatic amines is 1. The van der Waals surface area contributed by atoms with Crippen LogP contribution in [0.25, 0.3) is 11.3 Å². The number of nitrogens with one attached hydrogen (secondary N) is 1. The van der Waals surface area contributed by atoms with Crippen LogP contribution in [0.2, 0.25) is 0 Å². The fourth-order valence-electron chi connectivity index (χ4n) is 3.19. The molecule has 5 rings (SSSR count). The van der Waals surface area contributed by atoms with Gasteiger partial charge in [0.2, 0.25) is 0 Å². The highest BCUT2D eigenvalue weighted by Gasteiger charge is 2.35. The van der Waals surface area contributed by atoms with Gasteiger partial charge in [-0.05, 0) is 0 Å². The van der Waals surface area contributed by atoms with Crippen LogP contribution in [0.5, 0.6) is 0 Å². The van der Waals surface area contributed by atoms with Crippen LogP contribution in [0.3, 0.4) is 0 Å². The fraction of sp³-hybridized carbons (Fsp3) is 0.133. The highest BCUT2D eigenvalue weighted by atomic mass is 19.1. The van der Waals surface area contributed by atoms with Crippen molar-refractivity contribution in [2.75, 3.05) is 11.4 Å². The van der Waals surface area contributed by atoms with Crippen LogP contribution < -0.4 is 4.90 Å². The molecule has 0 saturated heterocycles. The van der Waals surface area contributed by atoms with Crippen molar-refractivity contribution in [3.05, 3.63) is 47.5 Å². The van der Waals surface area contributed by atoms with E-state index in [0.29, 0.717) is 42.4 Å². The Labute approximate surface area is 133 Å². The first-order valence-electron chi connectivity index (χ1n) is 7.24. The average Bonchev–Trinajstić information content (AvgIpc) is 3.19. The molecule has 0 saturated carbocycles. The van der Waals surface area contributed by atoms with Crippen molar-refractivity contribution in [2.24, 2.45) is 4.99 Å². The Morgan fingerprint density at radius 3 is 2.62 bits per heavy atom. The number of fused-ring (bicyclic) bond motifs is 2. The fourth-order valence-corrected chi connectivity index (χ4v) is 3.19. The van der Waals surface area contributed by atoms with Crippen molar-refractivity contribution in [1.82, 2.24) is 20.0 Å². The van der Waals surface area contributed by atoms with Crippen molar-refractivity contribution in [1.29, 1.82) is 0 Å². The number of amidine groups is 1. The number of rotatable bonds is 1. The third-order valence-electron chi connectivity index (χ3n) is 4.20. The van der Waals surface area contributed by atoms with E-state index in [9.17, 15) is 13.2 Å². The molecule has 3 aromatic rings. The van der Waals surface area contributed by atoms with Gasteiger partial charge in [-0.25, -0.2) is 22.8 Å². The monoisotopic (exact) mass is 330 g/mol. The van der Waals surface area contributed by atoms with E-state index in [2.05, 4.69) is 20.3 Å². The minimum atomic E-state index is -1.00. The van der Waals surface area contributed by atoms with Crippen LogP contribution in [-0.2, 0) is 6.54 Å². The van der Waals surface area contributed by atoms with E-state index < -0.39 is 17.5 Å². The zero-order valence-corrected chi connectivity index (χ0v) is 12.1. The van der Waals surface area contributed by atoms with E-state index >= 15 is 0 Å². The van der Waals surface area contributed by atoms with Crippen LogP contribution >= 0.6 is 0 Å². The smallest absolute Gasteiger partial charge is 0.148 e.